The zero-order chi connectivity index (χ0) is 27.1. The van der Waals surface area contributed by atoms with Crippen molar-refractivity contribution in [3.8, 4) is 22.9 Å². The maximum absolute atomic E-state index is 12.9. The molecule has 198 valence electrons. The number of anilines is 1. The van der Waals surface area contributed by atoms with Crippen LogP contribution in [0.4, 0.5) is 10.5 Å². The van der Waals surface area contributed by atoms with Crippen molar-refractivity contribution >= 4 is 23.5 Å². The average Bonchev–Trinajstić information content (AvgIpc) is 3.36. The van der Waals surface area contributed by atoms with Gasteiger partial charge in [0, 0.05) is 17.5 Å². The largest absolute Gasteiger partial charge is 0.497 e. The fourth-order valence-electron chi connectivity index (χ4n) is 3.82. The zero-order valence-electron chi connectivity index (χ0n) is 22.0. The predicted molar refractivity (Wildman–Crippen MR) is 149 cm³/mol. The molecule has 1 atom stereocenters. The first-order valence-corrected chi connectivity index (χ1v) is 13.0. The quantitative estimate of drug-likeness (QED) is 0.249. The van der Waals surface area contributed by atoms with Crippen molar-refractivity contribution in [1.29, 1.82) is 0 Å². The number of nitrogens with zero attached hydrogens (tertiary/aromatic N) is 3. The third kappa shape index (κ3) is 6.38. The van der Waals surface area contributed by atoms with Crippen molar-refractivity contribution in [3.63, 3.8) is 0 Å². The summed E-state index contributed by atoms with van der Waals surface area (Å²) in [6.45, 7) is 3.91. The van der Waals surface area contributed by atoms with Gasteiger partial charge in [-0.05, 0) is 55.8 Å². The van der Waals surface area contributed by atoms with Crippen molar-refractivity contribution in [2.45, 2.75) is 30.8 Å². The topological polar surface area (TPSA) is 99.5 Å². The Hall–Kier alpha value is -4.18. The summed E-state index contributed by atoms with van der Waals surface area (Å²) in [5, 5.41) is 15.5. The molecule has 0 bridgehead atoms. The van der Waals surface area contributed by atoms with E-state index in [9.17, 15) is 4.79 Å². The second-order valence-corrected chi connectivity index (χ2v) is 9.48. The van der Waals surface area contributed by atoms with Gasteiger partial charge in [-0.15, -0.1) is 10.2 Å². The number of amides is 2. The van der Waals surface area contributed by atoms with E-state index in [0.29, 0.717) is 28.8 Å². The lowest BCUT2D eigenvalue weighted by Crippen LogP contribution is -2.32. The summed E-state index contributed by atoms with van der Waals surface area (Å²) in [4.78, 5) is 12.9. The van der Waals surface area contributed by atoms with Crippen LogP contribution in [0.15, 0.2) is 71.9 Å². The van der Waals surface area contributed by atoms with E-state index in [1.807, 2.05) is 66.9 Å². The summed E-state index contributed by atoms with van der Waals surface area (Å²) in [7, 11) is 4.76. The van der Waals surface area contributed by atoms with Crippen molar-refractivity contribution in [1.82, 2.24) is 20.1 Å². The van der Waals surface area contributed by atoms with Crippen LogP contribution >= 0.6 is 11.8 Å². The number of carbonyl (C=O) groups excluding carboxylic acids is 1. The van der Waals surface area contributed by atoms with Crippen LogP contribution in [0.3, 0.4) is 0 Å². The van der Waals surface area contributed by atoms with Crippen LogP contribution in [0.2, 0.25) is 0 Å². The van der Waals surface area contributed by atoms with Gasteiger partial charge in [-0.2, -0.15) is 0 Å². The molecule has 0 spiro atoms. The number of ether oxygens (including phenoxy) is 3. The number of methoxy groups -OCH3 is 3. The Morgan fingerprint density at radius 3 is 2.39 bits per heavy atom. The van der Waals surface area contributed by atoms with Crippen LogP contribution < -0.4 is 24.8 Å². The molecule has 2 N–H and O–H groups in total. The average molecular weight is 534 g/mol. The van der Waals surface area contributed by atoms with Gasteiger partial charge in [0.15, 0.2) is 11.0 Å². The number of carbonyl (C=O) groups is 1. The van der Waals surface area contributed by atoms with Gasteiger partial charge < -0.3 is 24.8 Å². The Balaban J connectivity index is 1.56. The van der Waals surface area contributed by atoms with Crippen LogP contribution in [0.5, 0.6) is 17.2 Å². The molecule has 0 aliphatic heterocycles. The van der Waals surface area contributed by atoms with Crippen LogP contribution in [-0.4, -0.2) is 42.1 Å². The van der Waals surface area contributed by atoms with E-state index in [1.165, 1.54) is 7.11 Å². The highest BCUT2D eigenvalue weighted by Gasteiger charge is 2.22. The number of rotatable bonds is 10. The molecule has 0 aliphatic carbocycles. The highest BCUT2D eigenvalue weighted by Crippen LogP contribution is 2.30. The van der Waals surface area contributed by atoms with Crippen LogP contribution in [0.25, 0.3) is 5.69 Å². The maximum Gasteiger partial charge on any atom is 0.319 e. The Morgan fingerprint density at radius 1 is 0.947 bits per heavy atom. The summed E-state index contributed by atoms with van der Waals surface area (Å²) in [5.41, 5.74) is 3.68. The second-order valence-electron chi connectivity index (χ2n) is 8.54. The van der Waals surface area contributed by atoms with Crippen molar-refractivity contribution < 1.29 is 19.0 Å². The molecule has 1 unspecified atom stereocenters. The molecule has 3 aromatic carbocycles. The van der Waals surface area contributed by atoms with E-state index >= 15 is 0 Å². The number of aryl methyl sites for hydroxylation is 1. The summed E-state index contributed by atoms with van der Waals surface area (Å²) >= 11 is 1.56. The van der Waals surface area contributed by atoms with E-state index in [1.54, 1.807) is 44.2 Å². The second kappa shape index (κ2) is 12.4. The molecule has 1 heterocycles. The maximum atomic E-state index is 12.9. The van der Waals surface area contributed by atoms with Gasteiger partial charge in [0.2, 0.25) is 0 Å². The highest BCUT2D eigenvalue weighted by atomic mass is 32.2. The zero-order valence-corrected chi connectivity index (χ0v) is 22.8. The van der Waals surface area contributed by atoms with Crippen LogP contribution in [-0.2, 0) is 5.75 Å². The number of hydrogen-bond donors (Lipinski definition) is 2. The molecule has 10 heteroatoms. The van der Waals surface area contributed by atoms with Crippen LogP contribution in [0, 0.1) is 6.92 Å². The first kappa shape index (κ1) is 26.9. The van der Waals surface area contributed by atoms with Crippen molar-refractivity contribution in [2.75, 3.05) is 26.6 Å². The lowest BCUT2D eigenvalue weighted by Gasteiger charge is -2.18. The van der Waals surface area contributed by atoms with E-state index < -0.39 is 12.1 Å². The lowest BCUT2D eigenvalue weighted by atomic mass is 10.2. The van der Waals surface area contributed by atoms with Crippen molar-refractivity contribution in [2.24, 2.45) is 0 Å². The molecule has 9 nitrogen and oxygen atoms in total. The molecule has 4 rings (SSSR count). The number of hydrogen-bond acceptors (Lipinski definition) is 7. The van der Waals surface area contributed by atoms with E-state index in [-0.39, 0.29) is 0 Å². The fraction of sp³-hybridized carbons (Fsp3) is 0.250. The normalized spacial score (nSPS) is 11.5. The third-order valence-electron chi connectivity index (χ3n) is 5.84. The highest BCUT2D eigenvalue weighted by molar-refractivity contribution is 7.98. The van der Waals surface area contributed by atoms with E-state index in [4.69, 9.17) is 14.2 Å². The number of benzene rings is 3. The predicted octanol–water partition coefficient (Wildman–Crippen LogP) is 5.78. The molecule has 4 aromatic rings. The Kier molecular flexibility index (Phi) is 8.75. The minimum Gasteiger partial charge on any atom is -0.497 e. The summed E-state index contributed by atoms with van der Waals surface area (Å²) < 4.78 is 17.9. The van der Waals surface area contributed by atoms with Gasteiger partial charge in [-0.3, -0.25) is 4.57 Å². The number of aromatic nitrogens is 3. The number of thioether (sulfide) groups is 1. The standard InChI is InChI=1S/C28H31N5O4S/c1-18-9-11-21(12-10-18)33-26(31-32-28(33)38-17-20-7-6-8-22(15-20)35-3)19(2)29-27(34)30-24-14-13-23(36-4)16-25(24)37-5/h6-16,19H,17H2,1-5H3,(H2,29,30,34). The lowest BCUT2D eigenvalue weighted by molar-refractivity contribution is 0.248. The van der Waals surface area contributed by atoms with Gasteiger partial charge in [0.05, 0.1) is 33.1 Å². The SMILES string of the molecule is COc1cccc(CSc2nnc(C(C)NC(=O)Nc3ccc(OC)cc3OC)n2-c2ccc(C)cc2)c1. The molecule has 0 fully saturated rings. The van der Waals surface area contributed by atoms with Crippen LogP contribution in [0.1, 0.15) is 29.9 Å². The molecular formula is C28H31N5O4S. The molecule has 0 aliphatic rings. The minimum absolute atomic E-state index is 0.398. The Labute approximate surface area is 226 Å². The summed E-state index contributed by atoms with van der Waals surface area (Å²) in [6.07, 6.45) is 0. The Bertz CT molecular complexity index is 1390. The molecular weight excluding hydrogens is 502 g/mol. The molecule has 2 amide bonds. The smallest absolute Gasteiger partial charge is 0.319 e. The number of urea groups is 1. The van der Waals surface area contributed by atoms with Crippen molar-refractivity contribution in [3.05, 3.63) is 83.7 Å². The monoisotopic (exact) mass is 533 g/mol. The third-order valence-corrected chi connectivity index (χ3v) is 6.84. The molecule has 38 heavy (non-hydrogen) atoms. The minimum atomic E-state index is -0.445. The number of nitrogens with one attached hydrogen (secondary N) is 2. The van der Waals surface area contributed by atoms with Gasteiger partial charge >= 0.3 is 6.03 Å². The van der Waals surface area contributed by atoms with E-state index in [0.717, 1.165) is 27.7 Å². The van der Waals surface area contributed by atoms with Gasteiger partial charge in [-0.25, -0.2) is 4.79 Å². The molecule has 0 saturated carbocycles. The van der Waals surface area contributed by atoms with Gasteiger partial charge in [-0.1, -0.05) is 41.6 Å². The van der Waals surface area contributed by atoms with E-state index in [2.05, 4.69) is 20.8 Å². The first-order chi connectivity index (χ1) is 18.4. The van der Waals surface area contributed by atoms with Gasteiger partial charge in [0.25, 0.3) is 0 Å². The summed E-state index contributed by atoms with van der Waals surface area (Å²) in [6, 6.07) is 20.4. The van der Waals surface area contributed by atoms with Gasteiger partial charge in [0.1, 0.15) is 17.2 Å². The molecule has 0 saturated heterocycles. The Morgan fingerprint density at radius 2 is 1.68 bits per heavy atom. The summed E-state index contributed by atoms with van der Waals surface area (Å²) in [5.74, 6) is 3.22. The first-order valence-electron chi connectivity index (χ1n) is 12.0. The molecule has 0 radical (unpaired) electrons. The molecule has 1 aromatic heterocycles. The fourth-order valence-corrected chi connectivity index (χ4v) is 4.73.